The lowest BCUT2D eigenvalue weighted by Crippen LogP contribution is -2.22. The Kier molecular flexibility index (Phi) is 6.70. The Balaban J connectivity index is 1.42. The molecule has 3 N–H and O–H groups in total. The van der Waals surface area contributed by atoms with Crippen molar-refractivity contribution in [2.24, 2.45) is 11.1 Å². The van der Waals surface area contributed by atoms with Gasteiger partial charge >= 0.3 is 10.3 Å². The van der Waals surface area contributed by atoms with Gasteiger partial charge in [-0.15, -0.1) is 11.3 Å². The molecule has 2 atom stereocenters. The maximum absolute atomic E-state index is 13.2. The van der Waals surface area contributed by atoms with Crippen LogP contribution in [-0.2, 0) is 21.0 Å². The Labute approximate surface area is 190 Å². The minimum absolute atomic E-state index is 0.0569. The Hall–Kier alpha value is -2.60. The molecule has 0 spiro atoms. The van der Waals surface area contributed by atoms with E-state index in [1.165, 1.54) is 29.4 Å². The van der Waals surface area contributed by atoms with E-state index in [0.717, 1.165) is 18.4 Å². The van der Waals surface area contributed by atoms with Crippen molar-refractivity contribution in [2.45, 2.75) is 38.8 Å². The molecule has 0 radical (unpaired) electrons. The zero-order chi connectivity index (χ0) is 22.7. The van der Waals surface area contributed by atoms with Crippen LogP contribution in [0.2, 0.25) is 0 Å². The lowest BCUT2D eigenvalue weighted by atomic mass is 10.1. The average molecular weight is 476 g/mol. The van der Waals surface area contributed by atoms with Gasteiger partial charge in [0.2, 0.25) is 5.78 Å². The molecule has 0 bridgehead atoms. The molecule has 3 aromatic rings. The Morgan fingerprint density at radius 1 is 1.41 bits per heavy atom. The highest BCUT2D eigenvalue weighted by Crippen LogP contribution is 2.30. The molecular weight excluding hydrogens is 450 g/mol. The maximum Gasteiger partial charge on any atom is 0.333 e. The largest absolute Gasteiger partial charge is 0.367 e. The summed E-state index contributed by atoms with van der Waals surface area (Å²) >= 11 is 1.41. The van der Waals surface area contributed by atoms with Crippen molar-refractivity contribution in [3.05, 3.63) is 64.0 Å². The van der Waals surface area contributed by atoms with Crippen LogP contribution in [0.15, 0.2) is 42.4 Å². The number of aromatic nitrogens is 3. The minimum Gasteiger partial charge on any atom is -0.367 e. The van der Waals surface area contributed by atoms with E-state index >= 15 is 0 Å². The number of hydrogen-bond acceptors (Lipinski definition) is 8. The second-order valence-corrected chi connectivity index (χ2v) is 10.2. The van der Waals surface area contributed by atoms with Crippen LogP contribution in [-0.4, -0.2) is 41.4 Å². The highest BCUT2D eigenvalue weighted by Gasteiger charge is 2.27. The zero-order valence-electron chi connectivity index (χ0n) is 17.6. The molecule has 4 rings (SSSR count). The summed E-state index contributed by atoms with van der Waals surface area (Å²) in [5.41, 5.74) is 2.68. The molecule has 170 valence electrons. The predicted molar refractivity (Wildman–Crippen MR) is 122 cm³/mol. The standard InChI is InChI=1S/C21H25N5O4S2/c1-14-4-5-26(9-14)10-16-7-19(31-12-16)20(27)18-8-23-13-24-21(18)25-17-3-2-15(6-17)11-30-32(22,28)29/h4-5,7-9,12-13,15,17H,2-3,6,10-11H2,1H3,(H2,22,28,29)(H,23,24,25). The number of carbonyl (C=O) groups excluding carboxylic acids is 1. The van der Waals surface area contributed by atoms with Gasteiger partial charge in [-0.05, 0) is 60.7 Å². The Morgan fingerprint density at radius 2 is 2.25 bits per heavy atom. The van der Waals surface area contributed by atoms with Gasteiger partial charge in [-0.1, -0.05) is 0 Å². The van der Waals surface area contributed by atoms with Gasteiger partial charge in [0, 0.05) is 31.2 Å². The first kappa shape index (κ1) is 22.6. The van der Waals surface area contributed by atoms with Crippen molar-refractivity contribution in [3.8, 4) is 0 Å². The number of hydrogen-bond donors (Lipinski definition) is 2. The highest BCUT2D eigenvalue weighted by molar-refractivity contribution is 7.84. The molecule has 0 amide bonds. The molecule has 2 unspecified atom stereocenters. The van der Waals surface area contributed by atoms with Crippen LogP contribution in [0.5, 0.6) is 0 Å². The van der Waals surface area contributed by atoms with Crippen LogP contribution < -0.4 is 10.5 Å². The molecule has 1 fully saturated rings. The van der Waals surface area contributed by atoms with Crippen molar-refractivity contribution in [3.63, 3.8) is 0 Å². The predicted octanol–water partition coefficient (Wildman–Crippen LogP) is 2.73. The fourth-order valence-electron chi connectivity index (χ4n) is 3.93. The van der Waals surface area contributed by atoms with Crippen molar-refractivity contribution in [2.75, 3.05) is 11.9 Å². The van der Waals surface area contributed by atoms with Crippen molar-refractivity contribution in [1.29, 1.82) is 0 Å². The van der Waals surface area contributed by atoms with Crippen LogP contribution in [0.3, 0.4) is 0 Å². The van der Waals surface area contributed by atoms with E-state index in [4.69, 9.17) is 9.32 Å². The van der Waals surface area contributed by atoms with Crippen molar-refractivity contribution < 1.29 is 17.4 Å². The first-order valence-corrected chi connectivity index (χ1v) is 12.6. The summed E-state index contributed by atoms with van der Waals surface area (Å²) in [6.45, 7) is 2.81. The average Bonchev–Trinajstić information content (AvgIpc) is 3.48. The van der Waals surface area contributed by atoms with E-state index in [1.807, 2.05) is 30.6 Å². The number of ketones is 1. The first-order chi connectivity index (χ1) is 15.3. The molecule has 32 heavy (non-hydrogen) atoms. The van der Waals surface area contributed by atoms with Gasteiger partial charge < -0.3 is 9.88 Å². The molecular formula is C21H25N5O4S2. The number of nitrogens with two attached hydrogens (primary N) is 1. The summed E-state index contributed by atoms with van der Waals surface area (Å²) in [6, 6.07) is 4.02. The lowest BCUT2D eigenvalue weighted by Gasteiger charge is -2.15. The number of aryl methyl sites for hydroxylation is 1. The van der Waals surface area contributed by atoms with Crippen LogP contribution in [0.4, 0.5) is 5.82 Å². The topological polar surface area (TPSA) is 129 Å². The van der Waals surface area contributed by atoms with E-state index in [1.54, 1.807) is 0 Å². The number of thiophene rings is 1. The third-order valence-electron chi connectivity index (χ3n) is 5.45. The number of nitrogens with zero attached hydrogens (tertiary/aromatic N) is 3. The summed E-state index contributed by atoms with van der Waals surface area (Å²) in [5.74, 6) is 0.433. The van der Waals surface area contributed by atoms with Gasteiger partial charge in [-0.2, -0.15) is 8.42 Å². The summed E-state index contributed by atoms with van der Waals surface area (Å²) in [6.07, 6.45) is 9.34. The van der Waals surface area contributed by atoms with Crippen molar-refractivity contribution in [1.82, 2.24) is 14.5 Å². The molecule has 0 aromatic carbocycles. The molecule has 3 aromatic heterocycles. The fraction of sp³-hybridized carbons (Fsp3) is 0.381. The monoisotopic (exact) mass is 475 g/mol. The third-order valence-corrected chi connectivity index (χ3v) is 6.89. The Bertz CT molecular complexity index is 1200. The number of nitrogens with one attached hydrogen (secondary N) is 1. The molecule has 0 aliphatic heterocycles. The number of anilines is 1. The molecule has 9 nitrogen and oxygen atoms in total. The van der Waals surface area contributed by atoms with Gasteiger partial charge in [0.1, 0.15) is 12.1 Å². The summed E-state index contributed by atoms with van der Waals surface area (Å²) < 4.78 is 28.8. The molecule has 11 heteroatoms. The van der Waals surface area contributed by atoms with E-state index in [0.29, 0.717) is 29.2 Å². The second-order valence-electron chi connectivity index (χ2n) is 8.09. The summed E-state index contributed by atoms with van der Waals surface area (Å²) in [7, 11) is -3.94. The smallest absolute Gasteiger partial charge is 0.333 e. The molecule has 3 heterocycles. The van der Waals surface area contributed by atoms with Gasteiger partial charge in [0.15, 0.2) is 0 Å². The van der Waals surface area contributed by atoms with E-state index < -0.39 is 10.3 Å². The summed E-state index contributed by atoms with van der Waals surface area (Å²) in [4.78, 5) is 22.1. The van der Waals surface area contributed by atoms with Gasteiger partial charge in [0.05, 0.1) is 17.0 Å². The molecule has 1 aliphatic rings. The van der Waals surface area contributed by atoms with Crippen molar-refractivity contribution >= 4 is 33.2 Å². The minimum atomic E-state index is -3.94. The molecule has 1 saturated carbocycles. The van der Waals surface area contributed by atoms with E-state index in [9.17, 15) is 13.2 Å². The lowest BCUT2D eigenvalue weighted by molar-refractivity contribution is 0.104. The molecule has 1 aliphatic carbocycles. The zero-order valence-corrected chi connectivity index (χ0v) is 19.2. The quantitative estimate of drug-likeness (QED) is 0.455. The maximum atomic E-state index is 13.2. The van der Waals surface area contributed by atoms with Gasteiger partial charge in [-0.3, -0.25) is 8.98 Å². The molecule has 0 saturated heterocycles. The SMILES string of the molecule is Cc1ccn(Cc2csc(C(=O)c3cncnc3NC3CCC(COS(N)(=O)=O)C3)c2)c1. The first-order valence-electron chi connectivity index (χ1n) is 10.2. The second kappa shape index (κ2) is 9.49. The highest BCUT2D eigenvalue weighted by atomic mass is 32.2. The number of carbonyl (C=O) groups is 1. The van der Waals surface area contributed by atoms with E-state index in [2.05, 4.69) is 26.0 Å². The number of rotatable bonds is 9. The van der Waals surface area contributed by atoms with Gasteiger partial charge in [0.25, 0.3) is 0 Å². The normalized spacial score (nSPS) is 18.7. The van der Waals surface area contributed by atoms with Crippen LogP contribution in [0, 0.1) is 12.8 Å². The summed E-state index contributed by atoms with van der Waals surface area (Å²) in [5, 5.41) is 10.2. The van der Waals surface area contributed by atoms with Crippen LogP contribution in [0.25, 0.3) is 0 Å². The Morgan fingerprint density at radius 3 is 3.00 bits per heavy atom. The van der Waals surface area contributed by atoms with Crippen LogP contribution >= 0.6 is 11.3 Å². The van der Waals surface area contributed by atoms with Crippen LogP contribution in [0.1, 0.15) is 45.6 Å². The van der Waals surface area contributed by atoms with E-state index in [-0.39, 0.29) is 24.3 Å². The third kappa shape index (κ3) is 5.80. The van der Waals surface area contributed by atoms with Gasteiger partial charge in [-0.25, -0.2) is 15.1 Å². The fourth-order valence-corrected chi connectivity index (χ4v) is 5.17.